The molecule has 2 fully saturated rings. The van der Waals surface area contributed by atoms with E-state index >= 15 is 0 Å². The van der Waals surface area contributed by atoms with Gasteiger partial charge in [0, 0.05) is 26.1 Å². The topological polar surface area (TPSA) is 105 Å². The molecule has 2 aromatic rings. The number of amides is 2. The summed E-state index contributed by atoms with van der Waals surface area (Å²) in [6.07, 6.45) is -0.692. The lowest BCUT2D eigenvalue weighted by atomic mass is 9.98. The van der Waals surface area contributed by atoms with Crippen molar-refractivity contribution in [1.29, 1.82) is 0 Å². The van der Waals surface area contributed by atoms with Crippen molar-refractivity contribution in [2.24, 2.45) is 17.8 Å². The van der Waals surface area contributed by atoms with Gasteiger partial charge >= 0.3 is 12.1 Å². The Balaban J connectivity index is 1.24. The molecule has 1 aliphatic heterocycles. The highest BCUT2D eigenvalue weighted by Gasteiger charge is 2.61. The number of nitrogens with zero attached hydrogens (tertiary/aromatic N) is 1. The van der Waals surface area contributed by atoms with Gasteiger partial charge in [-0.1, -0.05) is 48.5 Å². The molecule has 0 radical (unpaired) electrons. The van der Waals surface area contributed by atoms with Crippen LogP contribution in [0.15, 0.2) is 48.5 Å². The summed E-state index contributed by atoms with van der Waals surface area (Å²) in [4.78, 5) is 38.9. The Morgan fingerprint density at radius 3 is 2.12 bits per heavy atom. The Hall–Kier alpha value is -3.39. The number of piperidine rings is 1. The van der Waals surface area contributed by atoms with E-state index in [2.05, 4.69) is 17.4 Å². The van der Waals surface area contributed by atoms with Crippen LogP contribution in [0.25, 0.3) is 11.1 Å². The Bertz CT molecular complexity index is 1090. The number of benzene rings is 2. The van der Waals surface area contributed by atoms with Crippen molar-refractivity contribution in [2.45, 2.75) is 18.4 Å². The van der Waals surface area contributed by atoms with Crippen molar-refractivity contribution in [3.8, 4) is 11.1 Å². The highest BCUT2D eigenvalue weighted by Crippen LogP contribution is 2.52. The number of carboxylic acid groups (broad SMARTS) is 1. The van der Waals surface area contributed by atoms with Gasteiger partial charge in [-0.15, -0.1) is 0 Å². The molecular formula is C26H28N2O6. The van der Waals surface area contributed by atoms with E-state index in [1.54, 1.807) is 11.8 Å². The molecule has 0 aromatic heterocycles. The zero-order chi connectivity index (χ0) is 24.0. The molecular weight excluding hydrogens is 436 g/mol. The number of rotatable bonds is 7. The van der Waals surface area contributed by atoms with E-state index in [0.29, 0.717) is 13.1 Å². The van der Waals surface area contributed by atoms with Gasteiger partial charge in [-0.3, -0.25) is 9.59 Å². The summed E-state index contributed by atoms with van der Waals surface area (Å²) in [5.74, 6) is -1.57. The van der Waals surface area contributed by atoms with Gasteiger partial charge in [0.1, 0.15) is 12.1 Å². The normalized spacial score (nSPS) is 23.9. The fourth-order valence-electron chi connectivity index (χ4n) is 5.71. The van der Waals surface area contributed by atoms with Crippen molar-refractivity contribution < 1.29 is 29.0 Å². The van der Waals surface area contributed by atoms with E-state index in [-0.39, 0.29) is 42.8 Å². The van der Waals surface area contributed by atoms with Crippen LogP contribution in [0.2, 0.25) is 0 Å². The Morgan fingerprint density at radius 2 is 1.59 bits per heavy atom. The van der Waals surface area contributed by atoms with Gasteiger partial charge in [0.05, 0.1) is 12.5 Å². The number of carbonyl (C=O) groups excluding carboxylic acids is 2. The number of nitrogens with one attached hydrogen (secondary N) is 1. The predicted molar refractivity (Wildman–Crippen MR) is 123 cm³/mol. The SMILES string of the molecule is COCC(C)(NC(=O)OCC1c2ccccc2-c2ccccc21)C(=O)N1CC2C(C1)C2C(=O)O. The Kier molecular flexibility index (Phi) is 5.56. The van der Waals surface area contributed by atoms with Crippen molar-refractivity contribution in [3.63, 3.8) is 0 Å². The largest absolute Gasteiger partial charge is 0.481 e. The van der Waals surface area contributed by atoms with Gasteiger partial charge < -0.3 is 24.8 Å². The van der Waals surface area contributed by atoms with Crippen LogP contribution >= 0.6 is 0 Å². The Labute approximate surface area is 197 Å². The number of hydrogen-bond acceptors (Lipinski definition) is 5. The molecule has 1 heterocycles. The molecule has 8 heteroatoms. The maximum Gasteiger partial charge on any atom is 0.408 e. The zero-order valence-electron chi connectivity index (χ0n) is 19.2. The van der Waals surface area contributed by atoms with Gasteiger partial charge in [0.25, 0.3) is 5.91 Å². The fraction of sp³-hybridized carbons (Fsp3) is 0.423. The van der Waals surface area contributed by atoms with Crippen LogP contribution in [0, 0.1) is 17.8 Å². The van der Waals surface area contributed by atoms with Crippen LogP contribution in [0.1, 0.15) is 24.0 Å². The quantitative estimate of drug-likeness (QED) is 0.653. The van der Waals surface area contributed by atoms with Crippen LogP contribution in [0.4, 0.5) is 4.79 Å². The van der Waals surface area contributed by atoms with E-state index in [1.807, 2.05) is 36.4 Å². The number of carbonyl (C=O) groups is 3. The van der Waals surface area contributed by atoms with Gasteiger partial charge in [-0.05, 0) is 41.0 Å². The minimum atomic E-state index is -1.31. The number of carboxylic acids is 1. The molecule has 2 amide bonds. The molecule has 2 aliphatic carbocycles. The summed E-state index contributed by atoms with van der Waals surface area (Å²) in [5, 5.41) is 11.9. The second-order valence-electron chi connectivity index (χ2n) is 9.62. The standard InChI is InChI=1S/C26H28N2O6/c1-26(14-33-2,24(31)28-11-19-20(12-28)22(19)23(29)30)27-25(32)34-13-21-17-9-5-3-7-15(17)16-8-4-6-10-18(16)21/h3-10,19-22H,11-14H2,1-2H3,(H,27,32)(H,29,30). The smallest absolute Gasteiger partial charge is 0.408 e. The first kappa shape index (κ1) is 22.4. The first-order chi connectivity index (χ1) is 16.3. The number of aliphatic carboxylic acids is 1. The molecule has 2 N–H and O–H groups in total. The number of ether oxygens (including phenoxy) is 2. The van der Waals surface area contributed by atoms with E-state index in [4.69, 9.17) is 9.47 Å². The van der Waals surface area contributed by atoms with Crippen molar-refractivity contribution in [1.82, 2.24) is 10.2 Å². The molecule has 34 heavy (non-hydrogen) atoms. The third kappa shape index (κ3) is 3.72. The second-order valence-corrected chi connectivity index (χ2v) is 9.62. The molecule has 0 bridgehead atoms. The highest BCUT2D eigenvalue weighted by atomic mass is 16.5. The first-order valence-corrected chi connectivity index (χ1v) is 11.5. The molecule has 178 valence electrons. The first-order valence-electron chi connectivity index (χ1n) is 11.5. The predicted octanol–water partition coefficient (Wildman–Crippen LogP) is 2.72. The number of likely N-dealkylation sites (tertiary alicyclic amines) is 1. The molecule has 3 atom stereocenters. The number of fused-ring (bicyclic) bond motifs is 4. The van der Waals surface area contributed by atoms with Gasteiger partial charge in [-0.25, -0.2) is 4.79 Å². The molecule has 2 aromatic carbocycles. The minimum Gasteiger partial charge on any atom is -0.481 e. The molecule has 3 aliphatic rings. The van der Waals surface area contributed by atoms with E-state index in [9.17, 15) is 19.5 Å². The highest BCUT2D eigenvalue weighted by molar-refractivity contribution is 5.90. The molecule has 1 saturated carbocycles. The molecule has 3 unspecified atom stereocenters. The van der Waals surface area contributed by atoms with Crippen molar-refractivity contribution in [3.05, 3.63) is 59.7 Å². The monoisotopic (exact) mass is 464 g/mol. The fourth-order valence-corrected chi connectivity index (χ4v) is 5.71. The molecule has 1 saturated heterocycles. The zero-order valence-corrected chi connectivity index (χ0v) is 19.2. The van der Waals surface area contributed by atoms with Crippen LogP contribution in [-0.2, 0) is 19.1 Å². The van der Waals surface area contributed by atoms with Crippen LogP contribution in [0.5, 0.6) is 0 Å². The average Bonchev–Trinajstić information content (AvgIpc) is 3.18. The maximum atomic E-state index is 13.3. The van der Waals surface area contributed by atoms with Crippen LogP contribution < -0.4 is 5.32 Å². The van der Waals surface area contributed by atoms with Crippen LogP contribution in [-0.4, -0.2) is 66.9 Å². The summed E-state index contributed by atoms with van der Waals surface area (Å²) in [5.41, 5.74) is 3.18. The number of hydrogen-bond donors (Lipinski definition) is 2. The van der Waals surface area contributed by atoms with Gasteiger partial charge in [-0.2, -0.15) is 0 Å². The summed E-state index contributed by atoms with van der Waals surface area (Å²) in [6.45, 7) is 2.49. The van der Waals surface area contributed by atoms with Crippen molar-refractivity contribution in [2.75, 3.05) is 33.4 Å². The molecule has 8 nitrogen and oxygen atoms in total. The number of methoxy groups -OCH3 is 1. The summed E-state index contributed by atoms with van der Waals surface area (Å²) >= 11 is 0. The lowest BCUT2D eigenvalue weighted by molar-refractivity contribution is -0.143. The van der Waals surface area contributed by atoms with Crippen LogP contribution in [0.3, 0.4) is 0 Å². The number of alkyl carbamates (subject to hydrolysis) is 1. The maximum absolute atomic E-state index is 13.3. The minimum absolute atomic E-state index is 0.0114. The van der Waals surface area contributed by atoms with E-state index in [1.165, 1.54) is 7.11 Å². The third-order valence-electron chi connectivity index (χ3n) is 7.39. The second kappa shape index (κ2) is 8.43. The molecule has 5 rings (SSSR count). The summed E-state index contributed by atoms with van der Waals surface area (Å²) in [7, 11) is 1.47. The summed E-state index contributed by atoms with van der Waals surface area (Å²) in [6, 6.07) is 16.2. The van der Waals surface area contributed by atoms with Crippen molar-refractivity contribution >= 4 is 18.0 Å². The Morgan fingerprint density at radius 1 is 1.03 bits per heavy atom. The summed E-state index contributed by atoms with van der Waals surface area (Å²) < 4.78 is 10.9. The van der Waals surface area contributed by atoms with E-state index < -0.39 is 17.6 Å². The van der Waals surface area contributed by atoms with Gasteiger partial charge in [0.2, 0.25) is 0 Å². The molecule has 0 spiro atoms. The lowest BCUT2D eigenvalue weighted by Crippen LogP contribution is -2.60. The van der Waals surface area contributed by atoms with E-state index in [0.717, 1.165) is 22.3 Å². The lowest BCUT2D eigenvalue weighted by Gasteiger charge is -2.33. The third-order valence-corrected chi connectivity index (χ3v) is 7.39. The van der Waals surface area contributed by atoms with Gasteiger partial charge in [0.15, 0.2) is 0 Å². The average molecular weight is 465 g/mol.